The third kappa shape index (κ3) is 2.20. The van der Waals surface area contributed by atoms with Gasteiger partial charge in [0.1, 0.15) is 0 Å². The summed E-state index contributed by atoms with van der Waals surface area (Å²) in [6.07, 6.45) is 3.63. The highest BCUT2D eigenvalue weighted by molar-refractivity contribution is 5.86. The maximum absolute atomic E-state index is 10.4. The Hall–Kier alpha value is -1.64. The zero-order valence-electron chi connectivity index (χ0n) is 6.53. The molecule has 0 amide bonds. The van der Waals surface area contributed by atoms with Crippen molar-refractivity contribution in [3.63, 3.8) is 0 Å². The van der Waals surface area contributed by atoms with Gasteiger partial charge in [0.2, 0.25) is 0 Å². The third-order valence-electron chi connectivity index (χ3n) is 1.44. The fraction of sp³-hybridized carbons (Fsp3) is 0.111. The largest absolute Gasteiger partial charge is 0.478 e. The van der Waals surface area contributed by atoms with E-state index in [1.807, 2.05) is 6.07 Å². The topological polar surface area (TPSA) is 50.2 Å². The zero-order valence-corrected chi connectivity index (χ0v) is 6.53. The molecule has 0 aliphatic heterocycles. The Morgan fingerprint density at radius 1 is 1.67 bits per heavy atom. The van der Waals surface area contributed by atoms with E-state index in [2.05, 4.69) is 11.6 Å². The molecule has 0 aliphatic carbocycles. The van der Waals surface area contributed by atoms with Gasteiger partial charge in [-0.25, -0.2) is 4.79 Å². The molecule has 0 aromatic carbocycles. The number of carboxylic acids is 1. The molecule has 3 nitrogen and oxygen atoms in total. The fourth-order valence-electron chi connectivity index (χ4n) is 0.825. The van der Waals surface area contributed by atoms with E-state index in [1.54, 1.807) is 18.5 Å². The molecule has 3 heteroatoms. The summed E-state index contributed by atoms with van der Waals surface area (Å²) in [5.41, 5.74) is 1.05. The van der Waals surface area contributed by atoms with E-state index >= 15 is 0 Å². The Kier molecular flexibility index (Phi) is 2.58. The van der Waals surface area contributed by atoms with Crippen LogP contribution >= 0.6 is 0 Å². The van der Waals surface area contributed by atoms with Gasteiger partial charge in [0, 0.05) is 24.4 Å². The van der Waals surface area contributed by atoms with Crippen LogP contribution < -0.4 is 0 Å². The minimum atomic E-state index is -0.959. The van der Waals surface area contributed by atoms with E-state index in [4.69, 9.17) is 5.11 Å². The first-order chi connectivity index (χ1) is 5.70. The van der Waals surface area contributed by atoms with Crippen LogP contribution in [0.1, 0.15) is 5.56 Å². The number of pyridine rings is 1. The molecule has 12 heavy (non-hydrogen) atoms. The van der Waals surface area contributed by atoms with Crippen LogP contribution in [0, 0.1) is 0 Å². The van der Waals surface area contributed by atoms with Crippen LogP contribution in [-0.2, 0) is 11.2 Å². The van der Waals surface area contributed by atoms with Crippen molar-refractivity contribution in [1.29, 1.82) is 0 Å². The van der Waals surface area contributed by atoms with Crippen molar-refractivity contribution in [2.24, 2.45) is 0 Å². The van der Waals surface area contributed by atoms with Gasteiger partial charge >= 0.3 is 5.97 Å². The van der Waals surface area contributed by atoms with Crippen molar-refractivity contribution >= 4 is 5.97 Å². The highest BCUT2D eigenvalue weighted by atomic mass is 16.4. The van der Waals surface area contributed by atoms with Gasteiger partial charge in [-0.2, -0.15) is 0 Å². The summed E-state index contributed by atoms with van der Waals surface area (Å²) in [5, 5.41) is 8.52. The molecule has 0 saturated carbocycles. The second-order valence-electron chi connectivity index (χ2n) is 2.45. The normalized spacial score (nSPS) is 9.33. The van der Waals surface area contributed by atoms with Gasteiger partial charge in [0.05, 0.1) is 0 Å². The molecule has 1 aromatic rings. The number of hydrogen-bond donors (Lipinski definition) is 1. The highest BCUT2D eigenvalue weighted by Gasteiger charge is 2.03. The minimum absolute atomic E-state index is 0.183. The number of rotatable bonds is 3. The van der Waals surface area contributed by atoms with E-state index in [1.165, 1.54) is 0 Å². The van der Waals surface area contributed by atoms with E-state index in [0.29, 0.717) is 6.42 Å². The standard InChI is InChI=1S/C9H9NO2/c1-7(9(11)12)5-8-3-2-4-10-6-8/h2-4,6H,1,5H2,(H,11,12). The first kappa shape index (κ1) is 8.46. The summed E-state index contributed by atoms with van der Waals surface area (Å²) in [6.45, 7) is 3.42. The number of aromatic nitrogens is 1. The number of carboxylic acid groups (broad SMARTS) is 1. The maximum Gasteiger partial charge on any atom is 0.331 e. The van der Waals surface area contributed by atoms with E-state index in [0.717, 1.165) is 5.56 Å². The lowest BCUT2D eigenvalue weighted by Gasteiger charge is -1.98. The number of aliphatic carboxylic acids is 1. The summed E-state index contributed by atoms with van der Waals surface area (Å²) in [4.78, 5) is 14.2. The maximum atomic E-state index is 10.4. The van der Waals surface area contributed by atoms with Crippen molar-refractivity contribution in [3.8, 4) is 0 Å². The van der Waals surface area contributed by atoms with E-state index < -0.39 is 5.97 Å². The lowest BCUT2D eigenvalue weighted by Crippen LogP contribution is -2.02. The van der Waals surface area contributed by atoms with Crippen LogP contribution in [0.4, 0.5) is 0 Å². The Morgan fingerprint density at radius 3 is 2.92 bits per heavy atom. The Morgan fingerprint density at radius 2 is 2.42 bits per heavy atom. The van der Waals surface area contributed by atoms with Crippen molar-refractivity contribution in [2.45, 2.75) is 6.42 Å². The Bertz CT molecular complexity index is 293. The molecule has 0 saturated heterocycles. The molecule has 0 atom stereocenters. The van der Waals surface area contributed by atoms with Gasteiger partial charge in [0.25, 0.3) is 0 Å². The molecule has 0 spiro atoms. The first-order valence-electron chi connectivity index (χ1n) is 3.50. The van der Waals surface area contributed by atoms with Gasteiger partial charge in [-0.15, -0.1) is 0 Å². The molecular formula is C9H9NO2. The molecule has 1 N–H and O–H groups in total. The van der Waals surface area contributed by atoms with Gasteiger partial charge in [-0.3, -0.25) is 4.98 Å². The molecule has 0 radical (unpaired) electrons. The predicted molar refractivity (Wildman–Crippen MR) is 44.7 cm³/mol. The number of carbonyl (C=O) groups is 1. The Balaban J connectivity index is 2.65. The average Bonchev–Trinajstić information content (AvgIpc) is 2.06. The third-order valence-corrected chi connectivity index (χ3v) is 1.44. The quantitative estimate of drug-likeness (QED) is 0.682. The molecule has 1 aromatic heterocycles. The predicted octanol–water partition coefficient (Wildman–Crippen LogP) is 1.26. The lowest BCUT2D eigenvalue weighted by atomic mass is 10.1. The molecule has 1 heterocycles. The van der Waals surface area contributed by atoms with Crippen LogP contribution in [0.25, 0.3) is 0 Å². The summed E-state index contributed by atoms with van der Waals surface area (Å²) in [5.74, 6) is -0.959. The molecule has 0 unspecified atom stereocenters. The van der Waals surface area contributed by atoms with Gasteiger partial charge in [-0.05, 0) is 11.6 Å². The smallest absolute Gasteiger partial charge is 0.331 e. The molecule has 1 rings (SSSR count). The minimum Gasteiger partial charge on any atom is -0.478 e. The van der Waals surface area contributed by atoms with Crippen molar-refractivity contribution in [2.75, 3.05) is 0 Å². The van der Waals surface area contributed by atoms with Gasteiger partial charge in [0.15, 0.2) is 0 Å². The first-order valence-corrected chi connectivity index (χ1v) is 3.50. The summed E-state index contributed by atoms with van der Waals surface area (Å²) in [7, 11) is 0. The van der Waals surface area contributed by atoms with Crippen molar-refractivity contribution in [1.82, 2.24) is 4.98 Å². The van der Waals surface area contributed by atoms with Crippen molar-refractivity contribution < 1.29 is 9.90 Å². The zero-order chi connectivity index (χ0) is 8.97. The van der Waals surface area contributed by atoms with Gasteiger partial charge in [-0.1, -0.05) is 12.6 Å². The second-order valence-corrected chi connectivity index (χ2v) is 2.45. The molecule has 0 fully saturated rings. The van der Waals surface area contributed by atoms with Crippen LogP contribution in [-0.4, -0.2) is 16.1 Å². The number of nitrogens with zero attached hydrogens (tertiary/aromatic N) is 1. The molecule has 62 valence electrons. The molecule has 0 aliphatic rings. The SMILES string of the molecule is C=C(Cc1cccnc1)C(=O)O. The summed E-state index contributed by atoms with van der Waals surface area (Å²) < 4.78 is 0. The van der Waals surface area contributed by atoms with E-state index in [-0.39, 0.29) is 5.57 Å². The summed E-state index contributed by atoms with van der Waals surface area (Å²) >= 11 is 0. The summed E-state index contributed by atoms with van der Waals surface area (Å²) in [6, 6.07) is 3.59. The van der Waals surface area contributed by atoms with E-state index in [9.17, 15) is 4.79 Å². The van der Waals surface area contributed by atoms with Crippen LogP contribution in [0.15, 0.2) is 36.7 Å². The monoisotopic (exact) mass is 163 g/mol. The second kappa shape index (κ2) is 3.67. The molecule has 0 bridgehead atoms. The number of hydrogen-bond acceptors (Lipinski definition) is 2. The van der Waals surface area contributed by atoms with Crippen LogP contribution in [0.2, 0.25) is 0 Å². The lowest BCUT2D eigenvalue weighted by molar-refractivity contribution is -0.132. The molecular weight excluding hydrogens is 154 g/mol. The van der Waals surface area contributed by atoms with Gasteiger partial charge < -0.3 is 5.11 Å². The average molecular weight is 163 g/mol. The Labute approximate surface area is 70.4 Å². The van der Waals surface area contributed by atoms with Crippen molar-refractivity contribution in [3.05, 3.63) is 42.2 Å². The van der Waals surface area contributed by atoms with Crippen LogP contribution in [0.3, 0.4) is 0 Å². The fourth-order valence-corrected chi connectivity index (χ4v) is 0.825. The highest BCUT2D eigenvalue weighted by Crippen LogP contribution is 2.03. The van der Waals surface area contributed by atoms with Crippen LogP contribution in [0.5, 0.6) is 0 Å².